The predicted octanol–water partition coefficient (Wildman–Crippen LogP) is 3.59. The highest BCUT2D eigenvalue weighted by molar-refractivity contribution is 6.07. The Morgan fingerprint density at radius 1 is 1.14 bits per heavy atom. The second-order valence-electron chi connectivity index (χ2n) is 6.44. The minimum Gasteiger partial charge on any atom is -0.464 e. The molecule has 0 unspecified atom stereocenters. The molecule has 0 saturated heterocycles. The summed E-state index contributed by atoms with van der Waals surface area (Å²) in [7, 11) is 0. The molecule has 0 saturated carbocycles. The molecule has 0 spiro atoms. The van der Waals surface area contributed by atoms with E-state index < -0.39 is 23.7 Å². The predicted molar refractivity (Wildman–Crippen MR) is 104 cm³/mol. The van der Waals surface area contributed by atoms with Crippen LogP contribution in [0.25, 0.3) is 10.9 Å². The van der Waals surface area contributed by atoms with Crippen LogP contribution in [0.15, 0.2) is 54.6 Å². The van der Waals surface area contributed by atoms with Gasteiger partial charge in [0, 0.05) is 23.6 Å². The zero-order valence-electron chi connectivity index (χ0n) is 15.7. The second-order valence-corrected chi connectivity index (χ2v) is 6.44. The Morgan fingerprint density at radius 2 is 1.89 bits per heavy atom. The summed E-state index contributed by atoms with van der Waals surface area (Å²) in [5.74, 6) is -1.36. The van der Waals surface area contributed by atoms with Gasteiger partial charge >= 0.3 is 5.97 Å². The van der Waals surface area contributed by atoms with Gasteiger partial charge in [-0.05, 0) is 37.6 Å². The number of fused-ring (bicyclic) bond motifs is 1. The van der Waals surface area contributed by atoms with Crippen LogP contribution in [0.5, 0.6) is 0 Å². The highest BCUT2D eigenvalue weighted by atomic mass is 19.1. The highest BCUT2D eigenvalue weighted by Crippen LogP contribution is 2.20. The molecule has 2 aromatic carbocycles. The number of aromatic nitrogens is 1. The maximum Gasteiger partial charge on any atom is 0.328 e. The average molecular weight is 380 g/mol. The van der Waals surface area contributed by atoms with Crippen molar-refractivity contribution in [1.82, 2.24) is 10.3 Å². The molecular weight excluding hydrogens is 359 g/mol. The van der Waals surface area contributed by atoms with E-state index in [9.17, 15) is 14.0 Å². The molecule has 3 rings (SSSR count). The highest BCUT2D eigenvalue weighted by Gasteiger charge is 2.24. The molecule has 5 nitrogen and oxygen atoms in total. The maximum absolute atomic E-state index is 13.5. The zero-order chi connectivity index (χ0) is 20.1. The van der Waals surface area contributed by atoms with Crippen molar-refractivity contribution < 1.29 is 18.7 Å². The Kier molecular flexibility index (Phi) is 5.99. The van der Waals surface area contributed by atoms with E-state index in [1.807, 2.05) is 30.3 Å². The largest absolute Gasteiger partial charge is 0.464 e. The number of benzene rings is 2. The molecule has 1 N–H and O–H groups in total. The molecule has 6 heteroatoms. The van der Waals surface area contributed by atoms with Crippen LogP contribution in [-0.4, -0.2) is 29.5 Å². The van der Waals surface area contributed by atoms with E-state index in [0.717, 1.165) is 5.56 Å². The fourth-order valence-electron chi connectivity index (χ4n) is 3.04. The van der Waals surface area contributed by atoms with E-state index >= 15 is 0 Å². The number of halogens is 1. The number of amides is 1. The van der Waals surface area contributed by atoms with Crippen LogP contribution in [-0.2, 0) is 16.0 Å². The Bertz CT molecular complexity index is 1000. The van der Waals surface area contributed by atoms with Gasteiger partial charge in [0.1, 0.15) is 11.9 Å². The number of carbonyl (C=O) groups is 2. The number of rotatable bonds is 6. The first-order valence-electron chi connectivity index (χ1n) is 9.06. The Labute approximate surface area is 162 Å². The van der Waals surface area contributed by atoms with Crippen LogP contribution in [0.2, 0.25) is 0 Å². The van der Waals surface area contributed by atoms with Crippen molar-refractivity contribution in [3.63, 3.8) is 0 Å². The van der Waals surface area contributed by atoms with Crippen molar-refractivity contribution in [2.45, 2.75) is 26.3 Å². The molecule has 28 heavy (non-hydrogen) atoms. The number of ether oxygens (including phenoxy) is 1. The first-order valence-corrected chi connectivity index (χ1v) is 9.06. The Morgan fingerprint density at radius 3 is 2.61 bits per heavy atom. The molecule has 0 fully saturated rings. The van der Waals surface area contributed by atoms with Crippen molar-refractivity contribution in [2.75, 3.05) is 6.61 Å². The van der Waals surface area contributed by atoms with E-state index in [1.165, 1.54) is 18.2 Å². The van der Waals surface area contributed by atoms with Gasteiger partial charge in [-0.15, -0.1) is 0 Å². The van der Waals surface area contributed by atoms with Gasteiger partial charge in [0.05, 0.1) is 17.7 Å². The maximum atomic E-state index is 13.5. The van der Waals surface area contributed by atoms with Gasteiger partial charge in [0.15, 0.2) is 0 Å². The third-order valence-corrected chi connectivity index (χ3v) is 4.30. The number of carbonyl (C=O) groups excluding carboxylic acids is 2. The summed E-state index contributed by atoms with van der Waals surface area (Å²) in [5, 5.41) is 3.29. The summed E-state index contributed by atoms with van der Waals surface area (Å²) < 4.78 is 18.7. The molecule has 144 valence electrons. The number of nitrogens with one attached hydrogen (secondary N) is 1. The monoisotopic (exact) mass is 380 g/mol. The first kappa shape index (κ1) is 19.5. The van der Waals surface area contributed by atoms with E-state index in [-0.39, 0.29) is 6.61 Å². The second kappa shape index (κ2) is 8.61. The normalized spacial score (nSPS) is 11.8. The average Bonchev–Trinajstić information content (AvgIpc) is 2.67. The molecule has 3 aromatic rings. The fraction of sp³-hybridized carbons (Fsp3) is 0.227. The van der Waals surface area contributed by atoms with Crippen LogP contribution in [0.3, 0.4) is 0 Å². The van der Waals surface area contributed by atoms with Gasteiger partial charge in [-0.2, -0.15) is 0 Å². The molecule has 0 radical (unpaired) electrons. The molecule has 0 aliphatic rings. The number of aryl methyl sites for hydroxylation is 1. The van der Waals surface area contributed by atoms with Gasteiger partial charge in [-0.1, -0.05) is 30.3 Å². The van der Waals surface area contributed by atoms with Gasteiger partial charge in [0.25, 0.3) is 5.91 Å². The first-order chi connectivity index (χ1) is 13.5. The standard InChI is InChI=1S/C22H21FN2O3/c1-3-28-22(27)20(12-15-7-5-4-6-8-15)25-21(26)18-11-14(2)24-19-13-16(23)9-10-17(18)19/h4-11,13,20H,3,12H2,1-2H3,(H,25,26)/t20-/m0/s1. The molecule has 0 aliphatic carbocycles. The van der Waals surface area contributed by atoms with Gasteiger partial charge < -0.3 is 10.1 Å². The van der Waals surface area contributed by atoms with Gasteiger partial charge in [-0.25, -0.2) is 9.18 Å². The van der Waals surface area contributed by atoms with Crippen molar-refractivity contribution >= 4 is 22.8 Å². The number of nitrogens with zero attached hydrogens (tertiary/aromatic N) is 1. The summed E-state index contributed by atoms with van der Waals surface area (Å²) in [4.78, 5) is 29.6. The van der Waals surface area contributed by atoms with E-state index in [0.29, 0.717) is 28.6 Å². The lowest BCUT2D eigenvalue weighted by Gasteiger charge is -2.18. The third kappa shape index (κ3) is 4.52. The molecule has 1 heterocycles. The van der Waals surface area contributed by atoms with Gasteiger partial charge in [-0.3, -0.25) is 9.78 Å². The lowest BCUT2D eigenvalue weighted by molar-refractivity contribution is -0.145. The van der Waals surface area contributed by atoms with E-state index in [4.69, 9.17) is 4.74 Å². The summed E-state index contributed by atoms with van der Waals surface area (Å²) >= 11 is 0. The topological polar surface area (TPSA) is 68.3 Å². The van der Waals surface area contributed by atoms with Crippen LogP contribution < -0.4 is 5.32 Å². The molecule has 0 aliphatic heterocycles. The van der Waals surface area contributed by atoms with Crippen molar-refractivity contribution in [3.05, 3.63) is 77.2 Å². The smallest absolute Gasteiger partial charge is 0.328 e. The van der Waals surface area contributed by atoms with Crippen molar-refractivity contribution in [3.8, 4) is 0 Å². The summed E-state index contributed by atoms with van der Waals surface area (Å²) in [5.41, 5.74) is 2.21. The van der Waals surface area contributed by atoms with E-state index in [2.05, 4.69) is 10.3 Å². The zero-order valence-corrected chi connectivity index (χ0v) is 15.7. The van der Waals surface area contributed by atoms with Crippen LogP contribution in [0, 0.1) is 12.7 Å². The quantitative estimate of drug-likeness (QED) is 0.664. The minimum absolute atomic E-state index is 0.219. The lowest BCUT2D eigenvalue weighted by Crippen LogP contribution is -2.43. The van der Waals surface area contributed by atoms with Crippen LogP contribution in [0.4, 0.5) is 4.39 Å². The number of hydrogen-bond donors (Lipinski definition) is 1. The van der Waals surface area contributed by atoms with Crippen LogP contribution in [0.1, 0.15) is 28.5 Å². The summed E-state index contributed by atoms with van der Waals surface area (Å²) in [6, 6.07) is 14.3. The fourth-order valence-corrected chi connectivity index (χ4v) is 3.04. The Balaban J connectivity index is 1.91. The van der Waals surface area contributed by atoms with Crippen molar-refractivity contribution in [1.29, 1.82) is 0 Å². The minimum atomic E-state index is -0.834. The van der Waals surface area contributed by atoms with Gasteiger partial charge in [0.2, 0.25) is 0 Å². The molecule has 0 bridgehead atoms. The SMILES string of the molecule is CCOC(=O)[C@H](Cc1ccccc1)NC(=O)c1cc(C)nc2cc(F)ccc12. The molecule has 1 atom stereocenters. The lowest BCUT2D eigenvalue weighted by atomic mass is 10.0. The third-order valence-electron chi connectivity index (χ3n) is 4.30. The summed E-state index contributed by atoms with van der Waals surface area (Å²) in [6.07, 6.45) is 0.308. The van der Waals surface area contributed by atoms with E-state index in [1.54, 1.807) is 19.9 Å². The molecule has 1 aromatic heterocycles. The number of hydrogen-bond acceptors (Lipinski definition) is 4. The number of pyridine rings is 1. The van der Waals surface area contributed by atoms with Crippen LogP contribution >= 0.6 is 0 Å². The molecular formula is C22H21FN2O3. The molecule has 1 amide bonds. The number of esters is 1. The van der Waals surface area contributed by atoms with Crippen molar-refractivity contribution in [2.24, 2.45) is 0 Å². The summed E-state index contributed by atoms with van der Waals surface area (Å²) in [6.45, 7) is 3.66. The Hall–Kier alpha value is -3.28.